The molecule has 37 heavy (non-hydrogen) atoms. The third-order valence-corrected chi connectivity index (χ3v) is 8.25. The molecule has 2 atom stereocenters. The van der Waals surface area contributed by atoms with Gasteiger partial charge in [-0.2, -0.15) is 0 Å². The average molecular weight is 591 g/mol. The highest BCUT2D eigenvalue weighted by molar-refractivity contribution is 7.92. The first-order valence-corrected chi connectivity index (χ1v) is 15.0. The van der Waals surface area contributed by atoms with E-state index in [1.807, 2.05) is 13.8 Å². The van der Waals surface area contributed by atoms with Gasteiger partial charge in [-0.05, 0) is 69.0 Å². The van der Waals surface area contributed by atoms with E-state index >= 15 is 0 Å². The second-order valence-corrected chi connectivity index (χ2v) is 12.3. The molecule has 1 N–H and O–H groups in total. The maximum Gasteiger partial charge on any atom is 0.242 e. The van der Waals surface area contributed by atoms with Crippen molar-refractivity contribution >= 4 is 62.3 Å². The summed E-state index contributed by atoms with van der Waals surface area (Å²) in [6, 6.07) is 9.30. The second-order valence-electron chi connectivity index (χ2n) is 9.13. The van der Waals surface area contributed by atoms with E-state index in [1.165, 1.54) is 9.21 Å². The van der Waals surface area contributed by atoms with Crippen LogP contribution >= 0.6 is 34.8 Å². The number of halogens is 3. The number of hydrogen-bond donors (Lipinski definition) is 1. The molecule has 11 heteroatoms. The van der Waals surface area contributed by atoms with Gasteiger partial charge in [-0.25, -0.2) is 8.42 Å². The van der Waals surface area contributed by atoms with Gasteiger partial charge in [-0.3, -0.25) is 13.9 Å². The van der Waals surface area contributed by atoms with Gasteiger partial charge < -0.3 is 10.2 Å². The van der Waals surface area contributed by atoms with Gasteiger partial charge in [0.1, 0.15) is 6.04 Å². The van der Waals surface area contributed by atoms with Crippen LogP contribution in [0.1, 0.15) is 51.2 Å². The Bertz CT molecular complexity index is 1220. The molecule has 2 aromatic carbocycles. The molecule has 0 aliphatic carbocycles. The normalized spacial score (nSPS) is 13.1. The van der Waals surface area contributed by atoms with Crippen molar-refractivity contribution in [3.05, 3.63) is 62.6 Å². The summed E-state index contributed by atoms with van der Waals surface area (Å²) in [5.41, 5.74) is 1.94. The molecular weight excluding hydrogens is 557 g/mol. The van der Waals surface area contributed by atoms with Gasteiger partial charge >= 0.3 is 0 Å². The minimum Gasteiger partial charge on any atom is -0.352 e. The first-order chi connectivity index (χ1) is 17.2. The molecule has 7 nitrogen and oxygen atoms in total. The van der Waals surface area contributed by atoms with Crippen molar-refractivity contribution in [3.8, 4) is 0 Å². The van der Waals surface area contributed by atoms with Crippen LogP contribution in [0.2, 0.25) is 15.1 Å². The van der Waals surface area contributed by atoms with E-state index in [1.54, 1.807) is 50.2 Å². The molecule has 0 aliphatic heterocycles. The Kier molecular flexibility index (Phi) is 11.6. The van der Waals surface area contributed by atoms with E-state index in [-0.39, 0.29) is 43.8 Å². The number of carbonyl (C=O) groups is 2. The Hall–Kier alpha value is -2.00. The van der Waals surface area contributed by atoms with Crippen LogP contribution in [0.25, 0.3) is 0 Å². The lowest BCUT2D eigenvalue weighted by atomic mass is 10.1. The quantitative estimate of drug-likeness (QED) is 0.337. The zero-order valence-electron chi connectivity index (χ0n) is 21.7. The van der Waals surface area contributed by atoms with E-state index in [9.17, 15) is 18.0 Å². The number of benzene rings is 2. The highest BCUT2D eigenvalue weighted by atomic mass is 35.5. The lowest BCUT2D eigenvalue weighted by Gasteiger charge is -2.30. The first kappa shape index (κ1) is 31.2. The second kappa shape index (κ2) is 13.7. The van der Waals surface area contributed by atoms with Crippen LogP contribution in [0.4, 0.5) is 5.69 Å². The number of amides is 2. The lowest BCUT2D eigenvalue weighted by Crippen LogP contribution is -2.49. The molecular formula is C26H34Cl3N3O4S. The number of aryl methyl sites for hydroxylation is 1. The summed E-state index contributed by atoms with van der Waals surface area (Å²) in [5, 5.41) is 4.08. The van der Waals surface area contributed by atoms with Gasteiger partial charge in [-0.15, -0.1) is 0 Å². The summed E-state index contributed by atoms with van der Waals surface area (Å²) >= 11 is 18.3. The number of rotatable bonds is 12. The molecule has 0 heterocycles. The van der Waals surface area contributed by atoms with Crippen molar-refractivity contribution < 1.29 is 18.0 Å². The molecule has 204 valence electrons. The van der Waals surface area contributed by atoms with Crippen LogP contribution in [0.15, 0.2) is 36.4 Å². The Morgan fingerprint density at radius 2 is 1.70 bits per heavy atom. The fraction of sp³-hybridized carbons (Fsp3) is 0.462. The molecule has 0 spiro atoms. The Balaban J connectivity index is 2.24. The summed E-state index contributed by atoms with van der Waals surface area (Å²) in [4.78, 5) is 27.8. The number of nitrogens with one attached hydrogen (secondary N) is 1. The number of hydrogen-bond acceptors (Lipinski definition) is 4. The van der Waals surface area contributed by atoms with Crippen molar-refractivity contribution in [2.24, 2.45) is 0 Å². The minimum atomic E-state index is -3.62. The Morgan fingerprint density at radius 3 is 2.30 bits per heavy atom. The average Bonchev–Trinajstić information content (AvgIpc) is 2.82. The first-order valence-electron chi connectivity index (χ1n) is 12.0. The van der Waals surface area contributed by atoms with Gasteiger partial charge in [0.15, 0.2) is 0 Å². The fourth-order valence-corrected chi connectivity index (χ4v) is 5.22. The van der Waals surface area contributed by atoms with Crippen molar-refractivity contribution in [1.29, 1.82) is 0 Å². The molecule has 0 aliphatic rings. The predicted octanol–water partition coefficient (Wildman–Crippen LogP) is 5.83. The van der Waals surface area contributed by atoms with Gasteiger partial charge in [0, 0.05) is 30.6 Å². The van der Waals surface area contributed by atoms with Gasteiger partial charge in [0.2, 0.25) is 21.8 Å². The Labute approximate surface area is 235 Å². The van der Waals surface area contributed by atoms with E-state index < -0.39 is 16.1 Å². The number of anilines is 1. The summed E-state index contributed by atoms with van der Waals surface area (Å²) < 4.78 is 26.3. The molecule has 2 rings (SSSR count). The van der Waals surface area contributed by atoms with Crippen molar-refractivity contribution in [1.82, 2.24) is 10.2 Å². The molecule has 0 radical (unpaired) electrons. The van der Waals surface area contributed by atoms with Crippen LogP contribution < -0.4 is 9.62 Å². The smallest absolute Gasteiger partial charge is 0.242 e. The Morgan fingerprint density at radius 1 is 1.03 bits per heavy atom. The van der Waals surface area contributed by atoms with E-state index in [0.29, 0.717) is 20.8 Å². The van der Waals surface area contributed by atoms with E-state index in [4.69, 9.17) is 34.8 Å². The van der Waals surface area contributed by atoms with E-state index in [0.717, 1.165) is 23.8 Å². The van der Waals surface area contributed by atoms with Gasteiger partial charge in [-0.1, -0.05) is 53.9 Å². The zero-order chi connectivity index (χ0) is 27.9. The van der Waals surface area contributed by atoms with Crippen LogP contribution in [-0.4, -0.2) is 50.0 Å². The summed E-state index contributed by atoms with van der Waals surface area (Å²) in [7, 11) is -3.62. The third-order valence-electron chi connectivity index (χ3n) is 6.10. The summed E-state index contributed by atoms with van der Waals surface area (Å²) in [5.74, 6) is -0.552. The maximum absolute atomic E-state index is 13.4. The third kappa shape index (κ3) is 9.06. The molecule has 0 aromatic heterocycles. The van der Waals surface area contributed by atoms with E-state index in [2.05, 4.69) is 5.32 Å². The topological polar surface area (TPSA) is 86.8 Å². The standard InChI is InChI=1S/C26H34Cl3N3O4S/c1-6-18(3)30-26(34)19(4)31(16-20-10-12-22(28)23(29)14-20)25(33)8-7-13-32(37(5,35)36)24-15-21(27)11-9-17(24)2/h9-12,14-15,18-19H,6-8,13,16H2,1-5H3,(H,30,34)/t18-,19-/m0/s1. The number of sulfonamides is 1. The number of carbonyl (C=O) groups excluding carboxylic acids is 2. The lowest BCUT2D eigenvalue weighted by molar-refractivity contribution is -0.140. The monoisotopic (exact) mass is 589 g/mol. The number of nitrogens with zero attached hydrogens (tertiary/aromatic N) is 2. The summed E-state index contributed by atoms with van der Waals surface area (Å²) in [6.07, 6.45) is 2.15. The van der Waals surface area contributed by atoms with Crippen molar-refractivity contribution in [2.75, 3.05) is 17.1 Å². The SMILES string of the molecule is CC[C@H](C)NC(=O)[C@H](C)N(Cc1ccc(Cl)c(Cl)c1)C(=O)CCCN(c1cc(Cl)ccc1C)S(C)(=O)=O. The van der Waals surface area contributed by atoms with Crippen molar-refractivity contribution in [2.45, 2.75) is 65.6 Å². The highest BCUT2D eigenvalue weighted by Crippen LogP contribution is 2.27. The molecule has 0 saturated carbocycles. The molecule has 0 saturated heterocycles. The maximum atomic E-state index is 13.4. The van der Waals surface area contributed by atoms with Crippen LogP contribution in [0.3, 0.4) is 0 Å². The van der Waals surface area contributed by atoms with Gasteiger partial charge in [0.25, 0.3) is 0 Å². The summed E-state index contributed by atoms with van der Waals surface area (Å²) in [6.45, 7) is 7.56. The van der Waals surface area contributed by atoms with Gasteiger partial charge in [0.05, 0.1) is 22.0 Å². The fourth-order valence-electron chi connectivity index (χ4n) is 3.72. The predicted molar refractivity (Wildman–Crippen MR) is 152 cm³/mol. The van der Waals surface area contributed by atoms with Crippen molar-refractivity contribution in [3.63, 3.8) is 0 Å². The molecule has 0 fully saturated rings. The molecule has 2 amide bonds. The highest BCUT2D eigenvalue weighted by Gasteiger charge is 2.27. The molecule has 0 bridgehead atoms. The molecule has 0 unspecified atom stereocenters. The largest absolute Gasteiger partial charge is 0.352 e. The van der Waals surface area contributed by atoms with Crippen LogP contribution in [0, 0.1) is 6.92 Å². The molecule has 2 aromatic rings. The zero-order valence-corrected chi connectivity index (χ0v) is 24.8. The van der Waals surface area contributed by atoms with Crippen LogP contribution in [-0.2, 0) is 26.2 Å². The minimum absolute atomic E-state index is 0.0356. The van der Waals surface area contributed by atoms with Crippen LogP contribution in [0.5, 0.6) is 0 Å².